The molecule has 0 aliphatic rings. The van der Waals surface area contributed by atoms with Crippen LogP contribution in [0.4, 0.5) is 10.1 Å². The summed E-state index contributed by atoms with van der Waals surface area (Å²) < 4.78 is 44.7. The molecule has 0 radical (unpaired) electrons. The molecule has 0 bridgehead atoms. The first kappa shape index (κ1) is 24.1. The van der Waals surface area contributed by atoms with Crippen molar-refractivity contribution in [2.75, 3.05) is 25.0 Å². The zero-order valence-electron chi connectivity index (χ0n) is 16.1. The minimum atomic E-state index is -3.90. The number of rotatable bonds is 8. The van der Waals surface area contributed by atoms with Crippen LogP contribution in [0.1, 0.15) is 24.2 Å². The number of carbonyl (C=O) groups excluding carboxylic acids is 2. The number of ether oxygens (including phenoxy) is 1. The lowest BCUT2D eigenvalue weighted by atomic mass is 10.2. The summed E-state index contributed by atoms with van der Waals surface area (Å²) in [4.78, 5) is 24.0. The molecule has 0 aliphatic carbocycles. The van der Waals surface area contributed by atoms with Gasteiger partial charge in [-0.1, -0.05) is 37.0 Å². The quantitative estimate of drug-likeness (QED) is 0.582. The van der Waals surface area contributed by atoms with Crippen molar-refractivity contribution < 1.29 is 27.1 Å². The molecular formula is C19H19Cl2FN2O5S. The number of nitrogens with zero attached hydrogens (tertiary/aromatic N) is 1. The lowest BCUT2D eigenvalue weighted by Crippen LogP contribution is -2.31. The van der Waals surface area contributed by atoms with E-state index in [1.54, 1.807) is 13.8 Å². The summed E-state index contributed by atoms with van der Waals surface area (Å²) in [6.45, 7) is 3.18. The molecule has 0 heterocycles. The van der Waals surface area contributed by atoms with Crippen molar-refractivity contribution >= 4 is 50.8 Å². The zero-order valence-corrected chi connectivity index (χ0v) is 18.4. The van der Waals surface area contributed by atoms with Crippen molar-refractivity contribution in [3.05, 3.63) is 57.8 Å². The predicted octanol–water partition coefficient (Wildman–Crippen LogP) is 3.96. The minimum Gasteiger partial charge on any atom is -0.452 e. The van der Waals surface area contributed by atoms with Crippen LogP contribution in [0.15, 0.2) is 41.3 Å². The highest BCUT2D eigenvalue weighted by atomic mass is 35.5. The zero-order chi connectivity index (χ0) is 22.5. The van der Waals surface area contributed by atoms with Crippen molar-refractivity contribution in [1.82, 2.24) is 4.31 Å². The Morgan fingerprint density at radius 1 is 1.07 bits per heavy atom. The second kappa shape index (κ2) is 10.2. The molecule has 0 saturated carbocycles. The molecule has 2 aromatic rings. The summed E-state index contributed by atoms with van der Waals surface area (Å²) >= 11 is 11.7. The Hall–Kier alpha value is -2.20. The molecular weight excluding hydrogens is 458 g/mol. The van der Waals surface area contributed by atoms with Gasteiger partial charge in [0.25, 0.3) is 5.91 Å². The van der Waals surface area contributed by atoms with Crippen molar-refractivity contribution in [3.8, 4) is 0 Å². The second-order valence-electron chi connectivity index (χ2n) is 5.99. The molecule has 0 unspecified atom stereocenters. The number of carbonyl (C=O) groups is 2. The lowest BCUT2D eigenvalue weighted by molar-refractivity contribution is -0.119. The Morgan fingerprint density at radius 2 is 1.73 bits per heavy atom. The predicted molar refractivity (Wildman–Crippen MR) is 112 cm³/mol. The number of halogens is 3. The fourth-order valence-electron chi connectivity index (χ4n) is 2.52. The molecule has 162 valence electrons. The summed E-state index contributed by atoms with van der Waals surface area (Å²) in [5.74, 6) is -2.23. The van der Waals surface area contributed by atoms with Crippen LogP contribution < -0.4 is 5.32 Å². The lowest BCUT2D eigenvalue weighted by Gasteiger charge is -2.19. The SMILES string of the molecule is CCN(CC)S(=O)(=O)c1cc(C(=O)OCC(=O)Nc2ccc(F)c(Cl)c2)ccc1Cl. The van der Waals surface area contributed by atoms with Crippen molar-refractivity contribution in [2.45, 2.75) is 18.7 Å². The number of anilines is 1. The van der Waals surface area contributed by atoms with Gasteiger partial charge in [-0.25, -0.2) is 17.6 Å². The third-order valence-corrected chi connectivity index (χ3v) is 6.85. The van der Waals surface area contributed by atoms with E-state index in [1.165, 1.54) is 28.6 Å². The van der Waals surface area contributed by atoms with Gasteiger partial charge in [0, 0.05) is 18.8 Å². The van der Waals surface area contributed by atoms with Gasteiger partial charge in [-0.05, 0) is 36.4 Å². The first-order chi connectivity index (χ1) is 14.1. The summed E-state index contributed by atoms with van der Waals surface area (Å²) in [5.41, 5.74) is 0.143. The van der Waals surface area contributed by atoms with Gasteiger partial charge in [-0.3, -0.25) is 4.79 Å². The van der Waals surface area contributed by atoms with Crippen LogP contribution in [0.3, 0.4) is 0 Å². The molecule has 1 amide bonds. The highest BCUT2D eigenvalue weighted by molar-refractivity contribution is 7.89. The monoisotopic (exact) mass is 476 g/mol. The van der Waals surface area contributed by atoms with Gasteiger partial charge in [0.15, 0.2) is 6.61 Å². The molecule has 2 rings (SSSR count). The fraction of sp³-hybridized carbons (Fsp3) is 0.263. The van der Waals surface area contributed by atoms with E-state index in [-0.39, 0.29) is 39.3 Å². The molecule has 0 saturated heterocycles. The van der Waals surface area contributed by atoms with Gasteiger partial charge < -0.3 is 10.1 Å². The van der Waals surface area contributed by atoms with E-state index < -0.39 is 34.3 Å². The molecule has 7 nitrogen and oxygen atoms in total. The van der Waals surface area contributed by atoms with E-state index in [0.29, 0.717) is 0 Å². The first-order valence-corrected chi connectivity index (χ1v) is 11.0. The van der Waals surface area contributed by atoms with Gasteiger partial charge in [0.2, 0.25) is 10.0 Å². The topological polar surface area (TPSA) is 92.8 Å². The van der Waals surface area contributed by atoms with Gasteiger partial charge in [0.05, 0.1) is 15.6 Å². The van der Waals surface area contributed by atoms with E-state index in [9.17, 15) is 22.4 Å². The summed E-state index contributed by atoms with van der Waals surface area (Å²) in [5, 5.41) is 2.19. The maximum absolute atomic E-state index is 13.1. The number of hydrogen-bond donors (Lipinski definition) is 1. The maximum Gasteiger partial charge on any atom is 0.338 e. The second-order valence-corrected chi connectivity index (χ2v) is 8.71. The number of amides is 1. The highest BCUT2D eigenvalue weighted by Gasteiger charge is 2.26. The molecule has 0 aromatic heterocycles. The normalized spacial score (nSPS) is 11.4. The summed E-state index contributed by atoms with van der Waals surface area (Å²) in [6.07, 6.45) is 0. The van der Waals surface area contributed by atoms with E-state index in [1.807, 2.05) is 0 Å². The number of nitrogens with one attached hydrogen (secondary N) is 1. The Bertz CT molecular complexity index is 1060. The van der Waals surface area contributed by atoms with Gasteiger partial charge in [-0.2, -0.15) is 4.31 Å². The van der Waals surface area contributed by atoms with E-state index >= 15 is 0 Å². The molecule has 0 atom stereocenters. The number of benzene rings is 2. The van der Waals surface area contributed by atoms with Gasteiger partial charge in [0.1, 0.15) is 10.7 Å². The Kier molecular flexibility index (Phi) is 8.19. The van der Waals surface area contributed by atoms with Crippen LogP contribution in [0.2, 0.25) is 10.0 Å². The third-order valence-electron chi connectivity index (χ3n) is 4.03. The Balaban J connectivity index is 2.10. The average molecular weight is 477 g/mol. The summed E-state index contributed by atoms with van der Waals surface area (Å²) in [7, 11) is -3.90. The number of hydrogen-bond acceptors (Lipinski definition) is 5. The van der Waals surface area contributed by atoms with Gasteiger partial charge in [-0.15, -0.1) is 0 Å². The maximum atomic E-state index is 13.1. The smallest absolute Gasteiger partial charge is 0.338 e. The van der Waals surface area contributed by atoms with Crippen LogP contribution in [0.25, 0.3) is 0 Å². The van der Waals surface area contributed by atoms with E-state index in [4.69, 9.17) is 27.9 Å². The standard InChI is InChI=1S/C19H19Cl2FN2O5S/c1-3-24(4-2)30(27,28)17-9-12(5-7-14(17)20)19(26)29-11-18(25)23-13-6-8-16(22)15(21)10-13/h5-10H,3-4,11H2,1-2H3,(H,23,25). The van der Waals surface area contributed by atoms with Gasteiger partial charge >= 0.3 is 5.97 Å². The van der Waals surface area contributed by atoms with E-state index in [0.717, 1.165) is 12.1 Å². The molecule has 0 fully saturated rings. The van der Waals surface area contributed by atoms with Crippen molar-refractivity contribution in [1.29, 1.82) is 0 Å². The highest BCUT2D eigenvalue weighted by Crippen LogP contribution is 2.26. The molecule has 0 spiro atoms. The van der Waals surface area contributed by atoms with E-state index in [2.05, 4.69) is 5.32 Å². The average Bonchev–Trinajstić information content (AvgIpc) is 2.70. The third kappa shape index (κ3) is 5.69. The largest absolute Gasteiger partial charge is 0.452 e. The van der Waals surface area contributed by atoms with Crippen LogP contribution in [0.5, 0.6) is 0 Å². The van der Waals surface area contributed by atoms with Crippen LogP contribution >= 0.6 is 23.2 Å². The Morgan fingerprint density at radius 3 is 2.33 bits per heavy atom. The molecule has 2 aromatic carbocycles. The van der Waals surface area contributed by atoms with Crippen LogP contribution in [-0.4, -0.2) is 44.3 Å². The Labute approximate surface area is 183 Å². The summed E-state index contributed by atoms with van der Waals surface area (Å²) in [6, 6.07) is 7.26. The van der Waals surface area contributed by atoms with Crippen molar-refractivity contribution in [3.63, 3.8) is 0 Å². The molecule has 0 aliphatic heterocycles. The number of sulfonamides is 1. The van der Waals surface area contributed by atoms with Crippen LogP contribution in [0, 0.1) is 5.82 Å². The van der Waals surface area contributed by atoms with Crippen LogP contribution in [-0.2, 0) is 19.6 Å². The van der Waals surface area contributed by atoms with Crippen molar-refractivity contribution in [2.24, 2.45) is 0 Å². The number of esters is 1. The molecule has 30 heavy (non-hydrogen) atoms. The minimum absolute atomic E-state index is 0.0376. The first-order valence-electron chi connectivity index (χ1n) is 8.81. The molecule has 11 heteroatoms. The fourth-order valence-corrected chi connectivity index (χ4v) is 4.65. The molecule has 1 N–H and O–H groups in total.